The molecule has 2 atom stereocenters. The van der Waals surface area contributed by atoms with E-state index in [1.807, 2.05) is 0 Å². The van der Waals surface area contributed by atoms with Gasteiger partial charge in [0.2, 0.25) is 0 Å². The summed E-state index contributed by atoms with van der Waals surface area (Å²) in [6.07, 6.45) is -6.49. The second-order valence-corrected chi connectivity index (χ2v) is 4.74. The van der Waals surface area contributed by atoms with Crippen molar-refractivity contribution < 1.29 is 45.1 Å². The van der Waals surface area contributed by atoms with Crippen LogP contribution in [0.3, 0.4) is 0 Å². The fraction of sp³-hybridized carbons (Fsp3) is 0.833. The van der Waals surface area contributed by atoms with Gasteiger partial charge >= 0.3 is 24.0 Å². The Balaban J connectivity index is 5.45. The third-order valence-corrected chi connectivity index (χ3v) is 3.08. The number of carbonyl (C=O) groups is 2. The van der Waals surface area contributed by atoms with Gasteiger partial charge in [0.25, 0.3) is 5.91 Å². The van der Waals surface area contributed by atoms with Gasteiger partial charge in [0.1, 0.15) is 6.04 Å². The van der Waals surface area contributed by atoms with Gasteiger partial charge in [0.15, 0.2) is 0 Å². The number of halogens is 7. The summed E-state index contributed by atoms with van der Waals surface area (Å²) in [4.78, 5) is 22.8. The highest BCUT2D eigenvalue weighted by molar-refractivity contribution is 5.89. The van der Waals surface area contributed by atoms with Crippen molar-refractivity contribution in [1.82, 2.24) is 5.32 Å². The molecule has 0 heterocycles. The van der Waals surface area contributed by atoms with E-state index in [9.17, 15) is 40.3 Å². The van der Waals surface area contributed by atoms with Crippen LogP contribution in [0.1, 0.15) is 27.2 Å². The van der Waals surface area contributed by atoms with E-state index in [4.69, 9.17) is 0 Å². The number of alkyl halides is 7. The van der Waals surface area contributed by atoms with Crippen LogP contribution in [0.25, 0.3) is 0 Å². The lowest BCUT2D eigenvalue weighted by molar-refractivity contribution is -0.344. The maximum absolute atomic E-state index is 13.2. The number of hydrogen-bond donors (Lipinski definition) is 1. The summed E-state index contributed by atoms with van der Waals surface area (Å²) in [5.41, 5.74) is 0. The second-order valence-electron chi connectivity index (χ2n) is 4.74. The van der Waals surface area contributed by atoms with Crippen molar-refractivity contribution in [3.8, 4) is 0 Å². The van der Waals surface area contributed by atoms with Crippen molar-refractivity contribution in [2.24, 2.45) is 5.92 Å². The normalized spacial score (nSPS) is 15.7. The minimum Gasteiger partial charge on any atom is -0.464 e. The molecule has 0 aromatic rings. The molecule has 23 heavy (non-hydrogen) atoms. The van der Waals surface area contributed by atoms with Gasteiger partial charge in [-0.05, 0) is 12.8 Å². The molecule has 1 N–H and O–H groups in total. The summed E-state index contributed by atoms with van der Waals surface area (Å²) in [5, 5.41) is 1.23. The molecule has 0 rings (SSSR count). The number of carbonyl (C=O) groups excluding carboxylic acids is 2. The Hall–Kier alpha value is -1.55. The molecule has 0 aromatic heterocycles. The minimum atomic E-state index is -6.64. The van der Waals surface area contributed by atoms with E-state index in [-0.39, 0.29) is 13.0 Å². The first kappa shape index (κ1) is 21.4. The highest BCUT2D eigenvalue weighted by atomic mass is 19.4. The molecule has 11 heteroatoms. The Morgan fingerprint density at radius 1 is 1.04 bits per heavy atom. The molecular weight excluding hydrogens is 339 g/mol. The van der Waals surface area contributed by atoms with Crippen LogP contribution in [-0.4, -0.2) is 42.5 Å². The summed E-state index contributed by atoms with van der Waals surface area (Å²) < 4.78 is 92.6. The Labute approximate surface area is 127 Å². The first-order valence-electron chi connectivity index (χ1n) is 6.53. The van der Waals surface area contributed by atoms with Crippen molar-refractivity contribution in [2.45, 2.75) is 51.3 Å². The van der Waals surface area contributed by atoms with Gasteiger partial charge in [-0.1, -0.05) is 20.3 Å². The average molecular weight is 355 g/mol. The molecule has 0 aromatic carbocycles. The molecule has 0 radical (unpaired) electrons. The molecular formula is C12H16F7NO3. The third kappa shape index (κ3) is 4.47. The molecule has 0 saturated heterocycles. The Bertz CT molecular complexity index is 437. The molecule has 0 aliphatic rings. The van der Waals surface area contributed by atoms with E-state index >= 15 is 0 Å². The molecule has 0 bridgehead atoms. The van der Waals surface area contributed by atoms with Gasteiger partial charge < -0.3 is 10.1 Å². The van der Waals surface area contributed by atoms with E-state index in [0.29, 0.717) is 0 Å². The van der Waals surface area contributed by atoms with E-state index < -0.39 is 41.9 Å². The Morgan fingerprint density at radius 2 is 1.52 bits per heavy atom. The van der Waals surface area contributed by atoms with E-state index in [1.54, 1.807) is 0 Å². The third-order valence-electron chi connectivity index (χ3n) is 3.08. The van der Waals surface area contributed by atoms with Crippen LogP contribution >= 0.6 is 0 Å². The monoisotopic (exact) mass is 355 g/mol. The highest BCUT2D eigenvalue weighted by Gasteiger charge is 2.76. The lowest BCUT2D eigenvalue weighted by Crippen LogP contribution is -2.62. The maximum atomic E-state index is 13.2. The fourth-order valence-corrected chi connectivity index (χ4v) is 1.45. The van der Waals surface area contributed by atoms with Crippen molar-refractivity contribution in [1.29, 1.82) is 0 Å². The van der Waals surface area contributed by atoms with E-state index in [0.717, 1.165) is 0 Å². The predicted octanol–water partition coefficient (Wildman–Crippen LogP) is 2.91. The molecule has 0 aliphatic heterocycles. The number of esters is 1. The standard InChI is InChI=1S/C12H16F7NO3/c1-4-6(3)7(8(21)23-5-2)20-9(22)10(13,14)11(15,16)12(17,18)19/h6-7H,4-5H2,1-3H3,(H,20,22). The molecule has 136 valence electrons. The smallest absolute Gasteiger partial charge is 0.460 e. The molecule has 0 fully saturated rings. The fourth-order valence-electron chi connectivity index (χ4n) is 1.45. The van der Waals surface area contributed by atoms with E-state index in [2.05, 4.69) is 4.74 Å². The molecule has 1 amide bonds. The summed E-state index contributed by atoms with van der Waals surface area (Å²) >= 11 is 0. The first-order valence-corrected chi connectivity index (χ1v) is 6.53. The Morgan fingerprint density at radius 3 is 1.87 bits per heavy atom. The number of nitrogens with one attached hydrogen (secondary N) is 1. The lowest BCUT2D eigenvalue weighted by atomic mass is 9.98. The zero-order valence-electron chi connectivity index (χ0n) is 12.4. The predicted molar refractivity (Wildman–Crippen MR) is 64.0 cm³/mol. The maximum Gasteiger partial charge on any atom is 0.460 e. The number of rotatable bonds is 7. The van der Waals surface area contributed by atoms with Crippen molar-refractivity contribution in [2.75, 3.05) is 6.61 Å². The highest BCUT2D eigenvalue weighted by Crippen LogP contribution is 2.46. The van der Waals surface area contributed by atoms with E-state index in [1.165, 1.54) is 26.1 Å². The van der Waals surface area contributed by atoms with Gasteiger partial charge in [-0.3, -0.25) is 4.79 Å². The number of ether oxygens (including phenoxy) is 1. The van der Waals surface area contributed by atoms with Crippen molar-refractivity contribution >= 4 is 11.9 Å². The molecule has 0 aliphatic carbocycles. The van der Waals surface area contributed by atoms with Gasteiger partial charge in [-0.2, -0.15) is 30.7 Å². The second kappa shape index (κ2) is 7.35. The largest absolute Gasteiger partial charge is 0.464 e. The number of amides is 1. The Kier molecular flexibility index (Phi) is 6.85. The van der Waals surface area contributed by atoms with Crippen LogP contribution in [0.15, 0.2) is 0 Å². The van der Waals surface area contributed by atoms with Gasteiger partial charge in [0, 0.05) is 0 Å². The quantitative estimate of drug-likeness (QED) is 0.564. The number of hydrogen-bond acceptors (Lipinski definition) is 3. The van der Waals surface area contributed by atoms with Gasteiger partial charge in [-0.15, -0.1) is 0 Å². The zero-order chi connectivity index (χ0) is 18.6. The van der Waals surface area contributed by atoms with Gasteiger partial charge in [0.05, 0.1) is 6.61 Å². The molecule has 0 saturated carbocycles. The van der Waals surface area contributed by atoms with Gasteiger partial charge in [-0.25, -0.2) is 4.79 Å². The van der Waals surface area contributed by atoms with Crippen LogP contribution in [0.4, 0.5) is 30.7 Å². The molecule has 0 spiro atoms. The van der Waals surface area contributed by atoms with Crippen LogP contribution in [0.2, 0.25) is 0 Å². The van der Waals surface area contributed by atoms with Crippen molar-refractivity contribution in [3.63, 3.8) is 0 Å². The molecule has 2 unspecified atom stereocenters. The zero-order valence-corrected chi connectivity index (χ0v) is 12.4. The van der Waals surface area contributed by atoms with Crippen LogP contribution in [0, 0.1) is 5.92 Å². The topological polar surface area (TPSA) is 55.4 Å². The minimum absolute atomic E-state index is 0.144. The molecule has 4 nitrogen and oxygen atoms in total. The van der Waals surface area contributed by atoms with Crippen LogP contribution < -0.4 is 5.32 Å². The first-order chi connectivity index (χ1) is 10.2. The summed E-state index contributed by atoms with van der Waals surface area (Å²) in [7, 11) is 0. The summed E-state index contributed by atoms with van der Waals surface area (Å²) in [5.74, 6) is -17.6. The summed E-state index contributed by atoms with van der Waals surface area (Å²) in [6.45, 7) is 3.96. The SMILES string of the molecule is CCOC(=O)C(NC(=O)C(F)(F)C(F)(F)C(F)(F)F)C(C)CC. The average Bonchev–Trinajstić information content (AvgIpc) is 2.42. The summed E-state index contributed by atoms with van der Waals surface area (Å²) in [6, 6.07) is -1.78. The van der Waals surface area contributed by atoms with Crippen molar-refractivity contribution in [3.05, 3.63) is 0 Å². The van der Waals surface area contributed by atoms with Crippen LogP contribution in [0.5, 0.6) is 0 Å². The lowest BCUT2D eigenvalue weighted by Gasteiger charge is -2.29. The van der Waals surface area contributed by atoms with Crippen LogP contribution in [-0.2, 0) is 14.3 Å².